The van der Waals surface area contributed by atoms with Gasteiger partial charge >= 0.3 is 0 Å². The normalized spacial score (nSPS) is 11.7. The second-order valence-electron chi connectivity index (χ2n) is 4.04. The molecule has 19 heavy (non-hydrogen) atoms. The van der Waals surface area contributed by atoms with Crippen LogP contribution in [-0.4, -0.2) is 5.84 Å². The first-order valence-corrected chi connectivity index (χ1v) is 6.28. The molecule has 2 aromatic carbocycles. The standard InChI is InChI=1S/C14H11Cl2FN2/c1-8(18)19-14-5-3-10(17)7-11(14)9-2-4-12(15)13(16)6-9/h2-7H,1H3,(H2,18,19). The van der Waals surface area contributed by atoms with Crippen LogP contribution in [0.15, 0.2) is 41.4 Å². The van der Waals surface area contributed by atoms with Gasteiger partial charge in [-0.05, 0) is 42.8 Å². The molecule has 0 saturated carbocycles. The Kier molecular flexibility index (Phi) is 4.08. The van der Waals surface area contributed by atoms with Crippen molar-refractivity contribution in [2.75, 3.05) is 0 Å². The predicted octanol–water partition coefficient (Wildman–Crippen LogP) is 4.81. The minimum Gasteiger partial charge on any atom is -0.387 e. The largest absolute Gasteiger partial charge is 0.387 e. The maximum atomic E-state index is 13.4. The summed E-state index contributed by atoms with van der Waals surface area (Å²) >= 11 is 11.8. The van der Waals surface area contributed by atoms with Gasteiger partial charge in [0.15, 0.2) is 0 Å². The van der Waals surface area contributed by atoms with Crippen molar-refractivity contribution in [3.05, 3.63) is 52.3 Å². The van der Waals surface area contributed by atoms with Crippen LogP contribution < -0.4 is 5.73 Å². The van der Waals surface area contributed by atoms with E-state index in [1.165, 1.54) is 12.1 Å². The molecular weight excluding hydrogens is 286 g/mol. The summed E-state index contributed by atoms with van der Waals surface area (Å²) in [5.74, 6) is 0.0441. The van der Waals surface area contributed by atoms with Crippen LogP contribution in [0.1, 0.15) is 6.92 Å². The van der Waals surface area contributed by atoms with Crippen molar-refractivity contribution in [2.24, 2.45) is 10.7 Å². The van der Waals surface area contributed by atoms with E-state index in [0.717, 1.165) is 5.56 Å². The molecule has 0 bridgehead atoms. The van der Waals surface area contributed by atoms with Crippen LogP contribution in [0.4, 0.5) is 10.1 Å². The third-order valence-electron chi connectivity index (χ3n) is 2.49. The summed E-state index contributed by atoms with van der Waals surface area (Å²) in [6, 6.07) is 9.39. The molecule has 0 saturated heterocycles. The Morgan fingerprint density at radius 1 is 1.11 bits per heavy atom. The molecule has 0 aliphatic carbocycles. The molecule has 0 fully saturated rings. The molecule has 0 aliphatic rings. The topological polar surface area (TPSA) is 38.4 Å². The summed E-state index contributed by atoms with van der Waals surface area (Å²) in [5.41, 5.74) is 7.50. The Bertz CT molecular complexity index is 650. The van der Waals surface area contributed by atoms with Gasteiger partial charge in [0.2, 0.25) is 0 Å². The second kappa shape index (κ2) is 5.59. The van der Waals surface area contributed by atoms with E-state index in [1.807, 2.05) is 0 Å². The SMILES string of the molecule is CC(N)=Nc1ccc(F)cc1-c1ccc(Cl)c(Cl)c1. The molecule has 0 aromatic heterocycles. The monoisotopic (exact) mass is 296 g/mol. The first-order valence-electron chi connectivity index (χ1n) is 5.53. The van der Waals surface area contributed by atoms with Crippen molar-refractivity contribution in [3.63, 3.8) is 0 Å². The van der Waals surface area contributed by atoms with Gasteiger partial charge in [-0.2, -0.15) is 0 Å². The van der Waals surface area contributed by atoms with Gasteiger partial charge in [-0.25, -0.2) is 9.38 Å². The molecule has 2 nitrogen and oxygen atoms in total. The Labute approximate surface area is 120 Å². The van der Waals surface area contributed by atoms with Crippen molar-refractivity contribution in [2.45, 2.75) is 6.92 Å². The van der Waals surface area contributed by atoms with Crippen LogP contribution >= 0.6 is 23.2 Å². The van der Waals surface area contributed by atoms with Gasteiger partial charge in [0, 0.05) is 5.56 Å². The zero-order valence-electron chi connectivity index (χ0n) is 10.1. The van der Waals surface area contributed by atoms with Gasteiger partial charge in [0.1, 0.15) is 5.82 Å². The maximum absolute atomic E-state index is 13.4. The summed E-state index contributed by atoms with van der Waals surface area (Å²) in [5, 5.41) is 0.852. The Morgan fingerprint density at radius 2 is 1.84 bits per heavy atom. The molecular formula is C14H11Cl2FN2. The van der Waals surface area contributed by atoms with Crippen LogP contribution in [0.25, 0.3) is 11.1 Å². The summed E-state index contributed by atoms with van der Waals surface area (Å²) in [6.45, 7) is 1.67. The minimum atomic E-state index is -0.352. The first kappa shape index (κ1) is 13.8. The lowest BCUT2D eigenvalue weighted by molar-refractivity contribution is 0.628. The highest BCUT2D eigenvalue weighted by Gasteiger charge is 2.08. The van der Waals surface area contributed by atoms with Crippen LogP contribution in [0.3, 0.4) is 0 Å². The fraction of sp³-hybridized carbons (Fsp3) is 0.0714. The molecule has 2 rings (SSSR count). The second-order valence-corrected chi connectivity index (χ2v) is 4.86. The molecule has 0 heterocycles. The molecule has 0 spiro atoms. The van der Waals surface area contributed by atoms with Gasteiger partial charge in [-0.3, -0.25) is 0 Å². The fourth-order valence-corrected chi connectivity index (χ4v) is 1.99. The van der Waals surface area contributed by atoms with E-state index in [1.54, 1.807) is 31.2 Å². The summed E-state index contributed by atoms with van der Waals surface area (Å²) < 4.78 is 13.4. The quantitative estimate of drug-likeness (QED) is 0.627. The fourth-order valence-electron chi connectivity index (χ4n) is 1.69. The predicted molar refractivity (Wildman–Crippen MR) is 78.8 cm³/mol. The number of nitrogens with two attached hydrogens (primary N) is 1. The highest BCUT2D eigenvalue weighted by Crippen LogP contribution is 2.34. The van der Waals surface area contributed by atoms with E-state index in [9.17, 15) is 4.39 Å². The molecule has 2 N–H and O–H groups in total. The lowest BCUT2D eigenvalue weighted by Gasteiger charge is -2.08. The van der Waals surface area contributed by atoms with Gasteiger partial charge in [0.25, 0.3) is 0 Å². The van der Waals surface area contributed by atoms with E-state index in [0.29, 0.717) is 27.1 Å². The number of amidine groups is 1. The Balaban J connectivity index is 2.62. The van der Waals surface area contributed by atoms with Crippen LogP contribution in [0, 0.1) is 5.82 Å². The maximum Gasteiger partial charge on any atom is 0.123 e. The third kappa shape index (κ3) is 3.25. The van der Waals surface area contributed by atoms with Gasteiger partial charge in [-0.15, -0.1) is 0 Å². The highest BCUT2D eigenvalue weighted by atomic mass is 35.5. The molecule has 0 aliphatic heterocycles. The smallest absolute Gasteiger partial charge is 0.123 e. The minimum absolute atomic E-state index is 0.352. The van der Waals surface area contributed by atoms with E-state index in [2.05, 4.69) is 4.99 Å². The van der Waals surface area contributed by atoms with E-state index in [4.69, 9.17) is 28.9 Å². The van der Waals surface area contributed by atoms with E-state index >= 15 is 0 Å². The number of hydrogen-bond donors (Lipinski definition) is 1. The summed E-state index contributed by atoms with van der Waals surface area (Å²) in [7, 11) is 0. The Hall–Kier alpha value is -1.58. The molecule has 5 heteroatoms. The molecule has 0 unspecified atom stereocenters. The first-order chi connectivity index (χ1) is 8.97. The van der Waals surface area contributed by atoms with Crippen molar-refractivity contribution in [3.8, 4) is 11.1 Å². The number of benzene rings is 2. The number of rotatable bonds is 2. The zero-order valence-corrected chi connectivity index (χ0v) is 11.6. The average Bonchev–Trinajstić information content (AvgIpc) is 2.34. The number of nitrogens with zero attached hydrogens (tertiary/aromatic N) is 1. The summed E-state index contributed by atoms with van der Waals surface area (Å²) in [6.07, 6.45) is 0. The van der Waals surface area contributed by atoms with Crippen molar-refractivity contribution in [1.82, 2.24) is 0 Å². The van der Waals surface area contributed by atoms with Crippen LogP contribution in [0.5, 0.6) is 0 Å². The number of hydrogen-bond acceptors (Lipinski definition) is 1. The van der Waals surface area contributed by atoms with Gasteiger partial charge in [-0.1, -0.05) is 29.3 Å². The van der Waals surface area contributed by atoms with Crippen LogP contribution in [-0.2, 0) is 0 Å². The Morgan fingerprint density at radius 3 is 2.47 bits per heavy atom. The van der Waals surface area contributed by atoms with Gasteiger partial charge < -0.3 is 5.73 Å². The van der Waals surface area contributed by atoms with Crippen LogP contribution in [0.2, 0.25) is 10.0 Å². The third-order valence-corrected chi connectivity index (χ3v) is 3.23. The average molecular weight is 297 g/mol. The number of halogens is 3. The molecule has 0 radical (unpaired) electrons. The van der Waals surface area contributed by atoms with E-state index in [-0.39, 0.29) is 5.82 Å². The van der Waals surface area contributed by atoms with Crippen molar-refractivity contribution < 1.29 is 4.39 Å². The summed E-state index contributed by atoms with van der Waals surface area (Å²) in [4.78, 5) is 4.18. The lowest BCUT2D eigenvalue weighted by Crippen LogP contribution is -2.04. The van der Waals surface area contributed by atoms with E-state index < -0.39 is 0 Å². The van der Waals surface area contributed by atoms with Crippen molar-refractivity contribution in [1.29, 1.82) is 0 Å². The van der Waals surface area contributed by atoms with Crippen molar-refractivity contribution >= 4 is 34.7 Å². The molecule has 0 atom stereocenters. The number of aliphatic imine (C=N–C) groups is 1. The molecule has 98 valence electrons. The zero-order chi connectivity index (χ0) is 14.0. The lowest BCUT2D eigenvalue weighted by atomic mass is 10.0. The molecule has 2 aromatic rings. The highest BCUT2D eigenvalue weighted by molar-refractivity contribution is 6.42. The molecule has 0 amide bonds. The van der Waals surface area contributed by atoms with Gasteiger partial charge in [0.05, 0.1) is 21.6 Å².